The van der Waals surface area contributed by atoms with E-state index < -0.39 is 10.0 Å². The summed E-state index contributed by atoms with van der Waals surface area (Å²) in [5, 5.41) is 0.701. The molecular weight excluding hydrogens is 500 g/mol. The SMILES string of the molecule is O=C(c1ccccc1)N1CCN(C2CN(C(=O)c3ccc4c(ccn4S(=O)(=O)c4ccccc4)c3)C2)CC1. The highest BCUT2D eigenvalue weighted by atomic mass is 32.2. The highest BCUT2D eigenvalue weighted by Crippen LogP contribution is 2.25. The molecule has 0 saturated carbocycles. The van der Waals surface area contributed by atoms with Crippen LogP contribution in [0.2, 0.25) is 0 Å². The van der Waals surface area contributed by atoms with Crippen LogP contribution in [0, 0.1) is 0 Å². The fourth-order valence-electron chi connectivity index (χ4n) is 5.25. The molecule has 0 unspecified atom stereocenters. The lowest BCUT2D eigenvalue weighted by atomic mass is 10.0. The van der Waals surface area contributed by atoms with E-state index in [4.69, 9.17) is 0 Å². The van der Waals surface area contributed by atoms with Crippen LogP contribution in [0.3, 0.4) is 0 Å². The minimum atomic E-state index is -3.72. The fraction of sp³-hybridized carbons (Fsp3) is 0.241. The molecule has 0 spiro atoms. The van der Waals surface area contributed by atoms with E-state index in [1.54, 1.807) is 54.6 Å². The molecular formula is C29H28N4O4S. The van der Waals surface area contributed by atoms with Crippen LogP contribution in [0.25, 0.3) is 10.9 Å². The number of aromatic nitrogens is 1. The molecule has 2 aliphatic heterocycles. The second-order valence-corrected chi connectivity index (χ2v) is 11.6. The first-order valence-electron chi connectivity index (χ1n) is 12.7. The smallest absolute Gasteiger partial charge is 0.268 e. The van der Waals surface area contributed by atoms with E-state index >= 15 is 0 Å². The Morgan fingerprint density at radius 1 is 0.684 bits per heavy atom. The Labute approximate surface area is 221 Å². The predicted molar refractivity (Wildman–Crippen MR) is 145 cm³/mol. The molecule has 3 aromatic carbocycles. The lowest BCUT2D eigenvalue weighted by molar-refractivity contribution is 0.00854. The van der Waals surface area contributed by atoms with Crippen LogP contribution in [-0.2, 0) is 10.0 Å². The Balaban J connectivity index is 1.07. The molecule has 0 radical (unpaired) electrons. The van der Waals surface area contributed by atoms with E-state index in [0.29, 0.717) is 48.2 Å². The molecule has 2 fully saturated rings. The van der Waals surface area contributed by atoms with Crippen molar-refractivity contribution in [2.75, 3.05) is 39.3 Å². The average molecular weight is 529 g/mol. The van der Waals surface area contributed by atoms with Crippen LogP contribution in [0.5, 0.6) is 0 Å². The molecule has 4 aromatic rings. The van der Waals surface area contributed by atoms with Crippen molar-refractivity contribution >= 4 is 32.7 Å². The lowest BCUT2D eigenvalue weighted by Gasteiger charge is -2.48. The third-order valence-electron chi connectivity index (χ3n) is 7.49. The van der Waals surface area contributed by atoms with Crippen LogP contribution in [0.1, 0.15) is 20.7 Å². The van der Waals surface area contributed by atoms with E-state index in [1.165, 1.54) is 10.2 Å². The molecule has 194 valence electrons. The second-order valence-electron chi connectivity index (χ2n) is 9.76. The van der Waals surface area contributed by atoms with Crippen LogP contribution >= 0.6 is 0 Å². The van der Waals surface area contributed by atoms with Gasteiger partial charge in [-0.3, -0.25) is 14.5 Å². The minimum absolute atomic E-state index is 0.0558. The van der Waals surface area contributed by atoms with Gasteiger partial charge in [0.25, 0.3) is 21.8 Å². The lowest BCUT2D eigenvalue weighted by Crippen LogP contribution is -2.64. The van der Waals surface area contributed by atoms with E-state index in [1.807, 2.05) is 40.1 Å². The van der Waals surface area contributed by atoms with Gasteiger partial charge in [0.05, 0.1) is 10.4 Å². The van der Waals surface area contributed by atoms with Gasteiger partial charge in [0.15, 0.2) is 0 Å². The summed E-state index contributed by atoms with van der Waals surface area (Å²) in [6.07, 6.45) is 1.53. The maximum absolute atomic E-state index is 13.2. The maximum Gasteiger partial charge on any atom is 0.268 e. The first-order valence-corrected chi connectivity index (χ1v) is 14.2. The van der Waals surface area contributed by atoms with E-state index in [-0.39, 0.29) is 22.8 Å². The summed E-state index contributed by atoms with van der Waals surface area (Å²) >= 11 is 0. The number of fused-ring (bicyclic) bond motifs is 1. The minimum Gasteiger partial charge on any atom is -0.336 e. The summed E-state index contributed by atoms with van der Waals surface area (Å²) in [6, 6.07) is 24.8. The van der Waals surface area contributed by atoms with Gasteiger partial charge in [-0.15, -0.1) is 0 Å². The number of hydrogen-bond acceptors (Lipinski definition) is 5. The van der Waals surface area contributed by atoms with Crippen molar-refractivity contribution in [1.29, 1.82) is 0 Å². The summed E-state index contributed by atoms with van der Waals surface area (Å²) in [5.74, 6) is 0.0103. The van der Waals surface area contributed by atoms with Crippen LogP contribution in [0.4, 0.5) is 0 Å². The van der Waals surface area contributed by atoms with Crippen molar-refractivity contribution in [3.8, 4) is 0 Å². The van der Waals surface area contributed by atoms with Crippen molar-refractivity contribution in [2.24, 2.45) is 0 Å². The molecule has 0 aliphatic carbocycles. The molecule has 9 heteroatoms. The second kappa shape index (κ2) is 9.74. The molecule has 2 aliphatic rings. The Morgan fingerprint density at radius 3 is 2.00 bits per heavy atom. The Bertz CT molecular complexity index is 1590. The molecule has 0 atom stereocenters. The number of amides is 2. The van der Waals surface area contributed by atoms with Gasteiger partial charge >= 0.3 is 0 Å². The number of likely N-dealkylation sites (tertiary alicyclic amines) is 1. The van der Waals surface area contributed by atoms with Crippen molar-refractivity contribution in [1.82, 2.24) is 18.7 Å². The number of piperazine rings is 1. The van der Waals surface area contributed by atoms with Crippen molar-refractivity contribution in [3.05, 3.63) is 102 Å². The van der Waals surface area contributed by atoms with E-state index in [0.717, 1.165) is 13.1 Å². The number of carbonyl (C=O) groups excluding carboxylic acids is 2. The predicted octanol–water partition coefficient (Wildman–Crippen LogP) is 3.16. The Kier molecular flexibility index (Phi) is 6.25. The monoisotopic (exact) mass is 528 g/mol. The van der Waals surface area contributed by atoms with Gasteiger partial charge in [-0.25, -0.2) is 12.4 Å². The largest absolute Gasteiger partial charge is 0.336 e. The van der Waals surface area contributed by atoms with Gasteiger partial charge in [0, 0.05) is 68.0 Å². The first kappa shape index (κ1) is 24.4. The summed E-state index contributed by atoms with van der Waals surface area (Å²) < 4.78 is 27.4. The standard InChI is InChI=1S/C29H28N4O4S/c34-28(22-7-3-1-4-8-22)31-17-15-30(16-18-31)25-20-32(21-25)29(35)24-11-12-27-23(19-24)13-14-33(27)38(36,37)26-9-5-2-6-10-26/h1-14,19,25H,15-18,20-21H2. The quantitative estimate of drug-likeness (QED) is 0.398. The first-order chi connectivity index (χ1) is 18.4. The van der Waals surface area contributed by atoms with Gasteiger partial charge in [0.2, 0.25) is 0 Å². The van der Waals surface area contributed by atoms with Crippen LogP contribution in [-0.4, -0.2) is 84.2 Å². The topological polar surface area (TPSA) is 82.9 Å². The average Bonchev–Trinajstić information content (AvgIpc) is 3.37. The third kappa shape index (κ3) is 4.37. The number of benzene rings is 3. The zero-order valence-corrected chi connectivity index (χ0v) is 21.6. The molecule has 3 heterocycles. The molecule has 1 aromatic heterocycles. The zero-order valence-electron chi connectivity index (χ0n) is 20.8. The van der Waals surface area contributed by atoms with E-state index in [2.05, 4.69) is 4.90 Å². The van der Waals surface area contributed by atoms with Gasteiger partial charge < -0.3 is 9.80 Å². The molecule has 2 saturated heterocycles. The van der Waals surface area contributed by atoms with Gasteiger partial charge in [-0.05, 0) is 48.5 Å². The van der Waals surface area contributed by atoms with Crippen LogP contribution in [0.15, 0.2) is 96.0 Å². The summed E-state index contributed by atoms with van der Waals surface area (Å²) in [7, 11) is -3.72. The fourth-order valence-corrected chi connectivity index (χ4v) is 6.63. The third-order valence-corrected chi connectivity index (χ3v) is 9.19. The molecule has 6 rings (SSSR count). The zero-order chi connectivity index (χ0) is 26.3. The van der Waals surface area contributed by atoms with Gasteiger partial charge in [-0.2, -0.15) is 0 Å². The van der Waals surface area contributed by atoms with E-state index in [9.17, 15) is 18.0 Å². The van der Waals surface area contributed by atoms with Gasteiger partial charge in [-0.1, -0.05) is 36.4 Å². The summed E-state index contributed by atoms with van der Waals surface area (Å²) in [6.45, 7) is 4.23. The number of hydrogen-bond donors (Lipinski definition) is 0. The highest BCUT2D eigenvalue weighted by Gasteiger charge is 2.37. The van der Waals surface area contributed by atoms with Crippen LogP contribution < -0.4 is 0 Å². The van der Waals surface area contributed by atoms with Gasteiger partial charge in [0.1, 0.15) is 0 Å². The normalized spacial score (nSPS) is 16.9. The highest BCUT2D eigenvalue weighted by molar-refractivity contribution is 7.90. The Morgan fingerprint density at radius 2 is 1.32 bits per heavy atom. The maximum atomic E-state index is 13.2. The van der Waals surface area contributed by atoms with Crippen molar-refractivity contribution in [2.45, 2.75) is 10.9 Å². The molecule has 38 heavy (non-hydrogen) atoms. The number of nitrogens with zero attached hydrogens (tertiary/aromatic N) is 4. The summed E-state index contributed by atoms with van der Waals surface area (Å²) in [4.78, 5) is 32.1. The molecule has 0 N–H and O–H groups in total. The van der Waals surface area contributed by atoms with Crippen molar-refractivity contribution < 1.29 is 18.0 Å². The molecule has 8 nitrogen and oxygen atoms in total. The van der Waals surface area contributed by atoms with Crippen molar-refractivity contribution in [3.63, 3.8) is 0 Å². The summed E-state index contributed by atoms with van der Waals surface area (Å²) in [5.41, 5.74) is 1.80. The molecule has 2 amide bonds. The Hall–Kier alpha value is -3.95. The number of rotatable bonds is 5. The molecule has 0 bridgehead atoms. The number of carbonyl (C=O) groups is 2.